The van der Waals surface area contributed by atoms with Crippen LogP contribution in [0.15, 0.2) is 11.3 Å². The van der Waals surface area contributed by atoms with E-state index >= 15 is 0 Å². The zero-order chi connectivity index (χ0) is 15.0. The summed E-state index contributed by atoms with van der Waals surface area (Å²) in [6.45, 7) is 12.0. The Labute approximate surface area is 123 Å². The van der Waals surface area contributed by atoms with Crippen molar-refractivity contribution in [1.82, 2.24) is 0 Å². The normalized spacial score (nSPS) is 24.4. The fraction of sp³-hybridized carbons (Fsp3) is 0.812. The highest BCUT2D eigenvalue weighted by Crippen LogP contribution is 2.38. The van der Waals surface area contributed by atoms with E-state index in [0.29, 0.717) is 18.8 Å². The second-order valence-electron chi connectivity index (χ2n) is 7.53. The Bertz CT molecular complexity index is 418. The maximum atomic E-state index is 11.8. The maximum absolute atomic E-state index is 11.8. The van der Waals surface area contributed by atoms with E-state index in [1.54, 1.807) is 0 Å². The molecule has 114 valence electrons. The Morgan fingerprint density at radius 1 is 1.25 bits per heavy atom. The standard InChI is InChI=1S/C16H28O3Si/c1-16(2,3)20(4,5)18-11-12-9-10-13-14(17)7-6-8-15(13)19-12/h12H,6-11H2,1-5H3/t12-/m0/s1. The van der Waals surface area contributed by atoms with Crippen molar-refractivity contribution in [3.8, 4) is 0 Å². The first-order valence-electron chi connectivity index (χ1n) is 7.76. The number of ether oxygens (including phenoxy) is 1. The molecule has 2 rings (SSSR count). The van der Waals surface area contributed by atoms with E-state index in [-0.39, 0.29) is 11.1 Å². The number of carbonyl (C=O) groups excluding carboxylic acids is 1. The Kier molecular flexibility index (Phi) is 4.45. The summed E-state index contributed by atoms with van der Waals surface area (Å²) in [5.74, 6) is 1.26. The van der Waals surface area contributed by atoms with E-state index < -0.39 is 8.32 Å². The molecule has 0 bridgehead atoms. The molecule has 1 aliphatic carbocycles. The summed E-state index contributed by atoms with van der Waals surface area (Å²) >= 11 is 0. The molecule has 1 aliphatic heterocycles. The van der Waals surface area contributed by atoms with Gasteiger partial charge in [0.05, 0.1) is 6.61 Å². The van der Waals surface area contributed by atoms with Crippen LogP contribution in [-0.4, -0.2) is 26.8 Å². The van der Waals surface area contributed by atoms with Crippen molar-refractivity contribution in [2.75, 3.05) is 6.61 Å². The van der Waals surface area contributed by atoms with E-state index in [4.69, 9.17) is 9.16 Å². The molecule has 0 saturated heterocycles. The molecule has 0 aromatic rings. The van der Waals surface area contributed by atoms with Crippen LogP contribution in [0.1, 0.15) is 52.9 Å². The van der Waals surface area contributed by atoms with E-state index in [1.807, 2.05) is 0 Å². The van der Waals surface area contributed by atoms with Crippen molar-refractivity contribution in [2.24, 2.45) is 0 Å². The summed E-state index contributed by atoms with van der Waals surface area (Å²) < 4.78 is 12.3. The summed E-state index contributed by atoms with van der Waals surface area (Å²) in [7, 11) is -1.71. The topological polar surface area (TPSA) is 35.5 Å². The van der Waals surface area contributed by atoms with Crippen molar-refractivity contribution in [3.05, 3.63) is 11.3 Å². The number of ketones is 1. The van der Waals surface area contributed by atoms with Gasteiger partial charge in [-0.25, -0.2) is 0 Å². The molecule has 0 saturated carbocycles. The van der Waals surface area contributed by atoms with Crippen molar-refractivity contribution in [2.45, 2.75) is 77.1 Å². The quantitative estimate of drug-likeness (QED) is 0.732. The Balaban J connectivity index is 1.93. The molecule has 0 aromatic carbocycles. The van der Waals surface area contributed by atoms with Crippen molar-refractivity contribution in [3.63, 3.8) is 0 Å². The third-order valence-electron chi connectivity index (χ3n) is 4.94. The van der Waals surface area contributed by atoms with Crippen molar-refractivity contribution < 1.29 is 14.0 Å². The maximum Gasteiger partial charge on any atom is 0.192 e. The lowest BCUT2D eigenvalue weighted by atomic mass is 9.90. The fourth-order valence-electron chi connectivity index (χ4n) is 2.48. The molecular weight excluding hydrogens is 268 g/mol. The minimum absolute atomic E-state index is 0.133. The van der Waals surface area contributed by atoms with Gasteiger partial charge in [-0.15, -0.1) is 0 Å². The fourth-order valence-corrected chi connectivity index (χ4v) is 3.51. The van der Waals surface area contributed by atoms with Gasteiger partial charge in [0, 0.05) is 18.4 Å². The van der Waals surface area contributed by atoms with Crippen LogP contribution in [0.2, 0.25) is 18.1 Å². The highest BCUT2D eigenvalue weighted by atomic mass is 28.4. The molecule has 3 nitrogen and oxygen atoms in total. The summed E-state index contributed by atoms with van der Waals surface area (Å²) in [4.78, 5) is 11.8. The van der Waals surface area contributed by atoms with Gasteiger partial charge in [-0.2, -0.15) is 0 Å². The number of hydrogen-bond donors (Lipinski definition) is 0. The van der Waals surface area contributed by atoms with Gasteiger partial charge in [0.25, 0.3) is 0 Å². The molecule has 0 radical (unpaired) electrons. The van der Waals surface area contributed by atoms with E-state index in [9.17, 15) is 4.79 Å². The summed E-state index contributed by atoms with van der Waals surface area (Å²) in [5.41, 5.74) is 0.958. The first-order chi connectivity index (χ1) is 9.21. The molecule has 0 unspecified atom stereocenters. The van der Waals surface area contributed by atoms with Crippen LogP contribution in [0, 0.1) is 0 Å². The second kappa shape index (κ2) is 5.64. The van der Waals surface area contributed by atoms with E-state index in [0.717, 1.165) is 37.0 Å². The third-order valence-corrected chi connectivity index (χ3v) is 9.44. The van der Waals surface area contributed by atoms with Gasteiger partial charge in [-0.1, -0.05) is 20.8 Å². The average molecular weight is 296 g/mol. The highest BCUT2D eigenvalue weighted by Gasteiger charge is 2.38. The predicted molar refractivity (Wildman–Crippen MR) is 83.1 cm³/mol. The van der Waals surface area contributed by atoms with Crippen molar-refractivity contribution in [1.29, 1.82) is 0 Å². The van der Waals surface area contributed by atoms with Crippen molar-refractivity contribution >= 4 is 14.1 Å². The smallest absolute Gasteiger partial charge is 0.192 e. The molecule has 2 aliphatic rings. The van der Waals surface area contributed by atoms with Gasteiger partial charge < -0.3 is 9.16 Å². The molecule has 1 heterocycles. The van der Waals surface area contributed by atoms with E-state index in [1.165, 1.54) is 0 Å². The average Bonchev–Trinajstić information content (AvgIpc) is 2.35. The number of hydrogen-bond acceptors (Lipinski definition) is 3. The molecular formula is C16H28O3Si. The summed E-state index contributed by atoms with van der Waals surface area (Å²) in [5, 5.41) is 0.229. The SMILES string of the molecule is CC(C)(C)[Si](C)(C)OC[C@@H]1CCC2=C(CCCC2=O)O1. The third kappa shape index (κ3) is 3.34. The summed E-state index contributed by atoms with van der Waals surface area (Å²) in [6.07, 6.45) is 4.49. The molecule has 0 aromatic heterocycles. The number of Topliss-reactive ketones (excluding diaryl/α,β-unsaturated/α-hetero) is 1. The molecule has 1 atom stereocenters. The van der Waals surface area contributed by atoms with Gasteiger partial charge >= 0.3 is 0 Å². The first-order valence-corrected chi connectivity index (χ1v) is 10.7. The Morgan fingerprint density at radius 3 is 2.60 bits per heavy atom. The first kappa shape index (κ1) is 15.8. The number of rotatable bonds is 3. The predicted octanol–water partition coefficient (Wildman–Crippen LogP) is 4.19. The highest BCUT2D eigenvalue weighted by molar-refractivity contribution is 6.74. The van der Waals surface area contributed by atoms with Gasteiger partial charge in [-0.05, 0) is 37.4 Å². The van der Waals surface area contributed by atoms with Gasteiger partial charge in [0.2, 0.25) is 0 Å². The van der Waals surface area contributed by atoms with Crippen LogP contribution in [0.4, 0.5) is 0 Å². The zero-order valence-electron chi connectivity index (χ0n) is 13.5. The Morgan fingerprint density at radius 2 is 1.95 bits per heavy atom. The van der Waals surface area contributed by atoms with Crippen LogP contribution in [-0.2, 0) is 14.0 Å². The van der Waals surface area contributed by atoms with Crippen LogP contribution in [0.3, 0.4) is 0 Å². The largest absolute Gasteiger partial charge is 0.492 e. The lowest BCUT2D eigenvalue weighted by Crippen LogP contribution is -2.43. The molecule has 0 N–H and O–H groups in total. The minimum atomic E-state index is -1.71. The monoisotopic (exact) mass is 296 g/mol. The van der Waals surface area contributed by atoms with Crippen LogP contribution in [0.5, 0.6) is 0 Å². The zero-order valence-corrected chi connectivity index (χ0v) is 14.5. The minimum Gasteiger partial charge on any atom is -0.492 e. The molecule has 4 heteroatoms. The number of allylic oxidation sites excluding steroid dienone is 2. The van der Waals surface area contributed by atoms with Gasteiger partial charge in [-0.3, -0.25) is 4.79 Å². The lowest BCUT2D eigenvalue weighted by Gasteiger charge is -2.38. The molecule has 0 amide bonds. The van der Waals surface area contributed by atoms with Crippen LogP contribution in [0.25, 0.3) is 0 Å². The van der Waals surface area contributed by atoms with Gasteiger partial charge in [0.1, 0.15) is 11.9 Å². The van der Waals surface area contributed by atoms with Gasteiger partial charge in [0.15, 0.2) is 14.1 Å². The Hall–Kier alpha value is -0.613. The van der Waals surface area contributed by atoms with Crippen LogP contribution < -0.4 is 0 Å². The molecule has 0 fully saturated rings. The van der Waals surface area contributed by atoms with Crippen LogP contribution >= 0.6 is 0 Å². The summed E-state index contributed by atoms with van der Waals surface area (Å²) in [6, 6.07) is 0. The number of carbonyl (C=O) groups is 1. The second-order valence-corrected chi connectivity index (χ2v) is 12.3. The lowest BCUT2D eigenvalue weighted by molar-refractivity contribution is -0.117. The molecule has 0 spiro atoms. The van der Waals surface area contributed by atoms with E-state index in [2.05, 4.69) is 33.9 Å². The molecule has 20 heavy (non-hydrogen) atoms.